The summed E-state index contributed by atoms with van der Waals surface area (Å²) < 4.78 is 16.1. The number of aromatic nitrogens is 2. The zero-order chi connectivity index (χ0) is 20.9. The number of nitrogens with zero attached hydrogens (tertiary/aromatic N) is 4. The highest BCUT2D eigenvalue weighted by Crippen LogP contribution is 2.29. The quantitative estimate of drug-likeness (QED) is 0.608. The van der Waals surface area contributed by atoms with Crippen LogP contribution in [0.4, 0.5) is 9.18 Å². The third kappa shape index (κ3) is 4.52. The van der Waals surface area contributed by atoms with Gasteiger partial charge in [-0.15, -0.1) is 0 Å². The maximum absolute atomic E-state index is 14.2. The zero-order valence-corrected chi connectivity index (χ0v) is 17.0. The monoisotopic (exact) mass is 425 g/mol. The van der Waals surface area contributed by atoms with Gasteiger partial charge in [0.15, 0.2) is 0 Å². The molecular formula is C22H21ClFN5O. The lowest BCUT2D eigenvalue weighted by Gasteiger charge is -2.23. The molecule has 1 fully saturated rings. The molecule has 1 N–H and O–H groups in total. The van der Waals surface area contributed by atoms with Gasteiger partial charge >= 0.3 is 6.03 Å². The van der Waals surface area contributed by atoms with Crippen LogP contribution in [0.25, 0.3) is 0 Å². The number of aliphatic imine (C=N–C) groups is 1. The summed E-state index contributed by atoms with van der Waals surface area (Å²) in [5.74, 6) is -0.0116. The fourth-order valence-corrected chi connectivity index (χ4v) is 3.61. The van der Waals surface area contributed by atoms with E-state index in [2.05, 4.69) is 15.3 Å². The van der Waals surface area contributed by atoms with Crippen LogP contribution in [0.2, 0.25) is 5.02 Å². The Hall–Kier alpha value is -3.19. The topological polar surface area (TPSA) is 62.5 Å². The van der Waals surface area contributed by atoms with Gasteiger partial charge in [0, 0.05) is 25.5 Å². The molecule has 0 bridgehead atoms. The molecule has 0 spiro atoms. The van der Waals surface area contributed by atoms with Gasteiger partial charge in [-0.05, 0) is 29.7 Å². The van der Waals surface area contributed by atoms with Crippen molar-refractivity contribution in [2.45, 2.75) is 25.6 Å². The minimum Gasteiger partial charge on any atom is -0.337 e. The summed E-state index contributed by atoms with van der Waals surface area (Å²) in [4.78, 5) is 23.1. The van der Waals surface area contributed by atoms with Gasteiger partial charge in [-0.1, -0.05) is 48.0 Å². The highest BCUT2D eigenvalue weighted by Gasteiger charge is 2.37. The van der Waals surface area contributed by atoms with E-state index in [-0.39, 0.29) is 11.1 Å². The normalized spacial score (nSPS) is 17.5. The van der Waals surface area contributed by atoms with E-state index < -0.39 is 11.9 Å². The van der Waals surface area contributed by atoms with Crippen molar-refractivity contribution in [3.8, 4) is 0 Å². The van der Waals surface area contributed by atoms with E-state index in [1.165, 1.54) is 12.1 Å². The average Bonchev–Trinajstić information content (AvgIpc) is 3.37. The van der Waals surface area contributed by atoms with Crippen molar-refractivity contribution >= 4 is 23.5 Å². The van der Waals surface area contributed by atoms with Crippen LogP contribution in [-0.2, 0) is 13.1 Å². The number of urea groups is 1. The van der Waals surface area contributed by atoms with Crippen molar-refractivity contribution < 1.29 is 9.18 Å². The average molecular weight is 426 g/mol. The number of amidine groups is 1. The van der Waals surface area contributed by atoms with E-state index in [1.807, 2.05) is 41.1 Å². The van der Waals surface area contributed by atoms with Crippen LogP contribution in [0.1, 0.15) is 23.6 Å². The number of hydrogen-bond donors (Lipinski definition) is 1. The molecule has 1 aliphatic heterocycles. The fraction of sp³-hybridized carbons (Fsp3) is 0.227. The molecule has 0 saturated carbocycles. The Balaban J connectivity index is 1.58. The number of hydrogen-bond acceptors (Lipinski definition) is 3. The summed E-state index contributed by atoms with van der Waals surface area (Å²) in [7, 11) is 0. The Morgan fingerprint density at radius 3 is 2.73 bits per heavy atom. The highest BCUT2D eigenvalue weighted by molar-refractivity contribution is 6.30. The molecular weight excluding hydrogens is 405 g/mol. The molecule has 3 aromatic rings. The predicted molar refractivity (Wildman–Crippen MR) is 114 cm³/mol. The number of amides is 2. The van der Waals surface area contributed by atoms with Crippen LogP contribution < -0.4 is 5.32 Å². The van der Waals surface area contributed by atoms with Gasteiger partial charge in [-0.2, -0.15) is 0 Å². The Morgan fingerprint density at radius 2 is 2.00 bits per heavy atom. The van der Waals surface area contributed by atoms with Gasteiger partial charge in [0.25, 0.3) is 0 Å². The van der Waals surface area contributed by atoms with Crippen LogP contribution >= 0.6 is 11.6 Å². The molecule has 1 aromatic heterocycles. The molecule has 0 radical (unpaired) electrons. The number of carbonyl (C=O) groups excluding carboxylic acids is 1. The third-order valence-electron chi connectivity index (χ3n) is 4.98. The van der Waals surface area contributed by atoms with E-state index >= 15 is 0 Å². The third-order valence-corrected chi connectivity index (χ3v) is 5.28. The molecule has 2 aromatic carbocycles. The largest absolute Gasteiger partial charge is 0.337 e. The molecule has 6 nitrogen and oxygen atoms in total. The summed E-state index contributed by atoms with van der Waals surface area (Å²) in [5.41, 5.74) is 1.66. The molecule has 1 saturated heterocycles. The second kappa shape index (κ2) is 9.09. The van der Waals surface area contributed by atoms with E-state index in [4.69, 9.17) is 11.6 Å². The second-order valence-electron chi connectivity index (χ2n) is 7.04. The molecule has 1 aliphatic rings. The summed E-state index contributed by atoms with van der Waals surface area (Å²) in [5, 5.41) is 2.91. The van der Waals surface area contributed by atoms with Crippen LogP contribution in [0.5, 0.6) is 0 Å². The lowest BCUT2D eigenvalue weighted by atomic mass is 10.0. The molecule has 1 atom stereocenters. The number of imidazole rings is 1. The Bertz CT molecular complexity index is 1040. The first-order valence-corrected chi connectivity index (χ1v) is 10.1. The molecule has 8 heteroatoms. The summed E-state index contributed by atoms with van der Waals surface area (Å²) >= 11 is 5.86. The summed E-state index contributed by atoms with van der Waals surface area (Å²) in [6.45, 7) is 1.64. The van der Waals surface area contributed by atoms with E-state index in [1.54, 1.807) is 23.5 Å². The first-order chi connectivity index (χ1) is 14.6. The number of rotatable bonds is 7. The van der Waals surface area contributed by atoms with Crippen molar-refractivity contribution in [1.29, 1.82) is 0 Å². The highest BCUT2D eigenvalue weighted by atomic mass is 35.5. The Kier molecular flexibility index (Phi) is 6.09. The fourth-order valence-electron chi connectivity index (χ4n) is 3.49. The van der Waals surface area contributed by atoms with Gasteiger partial charge in [-0.25, -0.2) is 14.2 Å². The number of nitrogens with one attached hydrogen (secondary N) is 1. The van der Waals surface area contributed by atoms with Gasteiger partial charge in [0.1, 0.15) is 17.7 Å². The minimum atomic E-state index is -0.519. The molecule has 154 valence electrons. The lowest BCUT2D eigenvalue weighted by molar-refractivity contribution is 0.204. The second-order valence-corrected chi connectivity index (χ2v) is 7.45. The van der Waals surface area contributed by atoms with Crippen molar-refractivity contribution in [3.63, 3.8) is 0 Å². The summed E-state index contributed by atoms with van der Waals surface area (Å²) in [6, 6.07) is 13.6. The van der Waals surface area contributed by atoms with Crippen molar-refractivity contribution in [3.05, 3.63) is 89.2 Å². The molecule has 4 rings (SSSR count). The molecule has 1 unspecified atom stereocenters. The van der Waals surface area contributed by atoms with Gasteiger partial charge < -0.3 is 9.47 Å². The summed E-state index contributed by atoms with van der Waals surface area (Å²) in [6.07, 6.45) is 6.06. The lowest BCUT2D eigenvalue weighted by Crippen LogP contribution is -2.31. The number of carbonyl (C=O) groups is 1. The number of aryl methyl sites for hydroxylation is 1. The van der Waals surface area contributed by atoms with E-state index in [0.29, 0.717) is 24.5 Å². The zero-order valence-electron chi connectivity index (χ0n) is 16.2. The number of halogens is 2. The molecule has 0 aliphatic carbocycles. The first-order valence-electron chi connectivity index (χ1n) is 9.68. The predicted octanol–water partition coefficient (Wildman–Crippen LogP) is 4.43. The Labute approximate surface area is 179 Å². The van der Waals surface area contributed by atoms with Gasteiger partial charge in [0.2, 0.25) is 0 Å². The van der Waals surface area contributed by atoms with Crippen molar-refractivity contribution in [2.75, 3.05) is 6.54 Å². The van der Waals surface area contributed by atoms with Crippen LogP contribution in [-0.4, -0.2) is 32.9 Å². The minimum absolute atomic E-state index is 0.0467. The van der Waals surface area contributed by atoms with Crippen molar-refractivity contribution in [2.24, 2.45) is 4.99 Å². The van der Waals surface area contributed by atoms with Crippen molar-refractivity contribution in [1.82, 2.24) is 19.8 Å². The maximum atomic E-state index is 14.2. The number of benzene rings is 2. The van der Waals surface area contributed by atoms with Gasteiger partial charge in [-0.3, -0.25) is 10.3 Å². The van der Waals surface area contributed by atoms with Crippen LogP contribution in [0.3, 0.4) is 0 Å². The maximum Gasteiger partial charge on any atom is 0.323 e. The Morgan fingerprint density at radius 1 is 1.17 bits per heavy atom. The van der Waals surface area contributed by atoms with E-state index in [9.17, 15) is 9.18 Å². The first kappa shape index (κ1) is 20.1. The standard InChI is InChI=1S/C22H21ClFN5O/c23-18-8-7-17(13-19(18)24)20-21(26-14-16-5-2-1-3-6-16)27-22(30)29(20)11-4-10-28-12-9-25-15-28/h1-3,5-9,12-13,15,20H,4,10-11,14H2,(H,26,27,30). The molecule has 2 amide bonds. The van der Waals surface area contributed by atoms with Crippen LogP contribution in [0.15, 0.2) is 72.2 Å². The SMILES string of the molecule is O=C1NC(=NCc2ccccc2)C(c2ccc(Cl)c(F)c2)N1CCCn1ccnc1. The smallest absolute Gasteiger partial charge is 0.323 e. The molecule has 2 heterocycles. The van der Waals surface area contributed by atoms with Gasteiger partial charge in [0.05, 0.1) is 17.9 Å². The van der Waals surface area contributed by atoms with E-state index in [0.717, 1.165) is 18.5 Å². The van der Waals surface area contributed by atoms with Crippen LogP contribution in [0, 0.1) is 5.82 Å². The molecule has 30 heavy (non-hydrogen) atoms.